The second-order valence-electron chi connectivity index (χ2n) is 5.03. The van der Waals surface area contributed by atoms with E-state index in [1.165, 1.54) is 12.1 Å². The molecule has 0 aromatic heterocycles. The van der Waals surface area contributed by atoms with Gasteiger partial charge >= 0.3 is 6.18 Å². The lowest BCUT2D eigenvalue weighted by atomic mass is 10.1. The first-order valence-corrected chi connectivity index (χ1v) is 6.37. The van der Waals surface area contributed by atoms with Gasteiger partial charge in [-0.2, -0.15) is 13.2 Å². The molecule has 0 unspecified atom stereocenters. The Hall–Kier alpha value is -1.57. The average Bonchev–Trinajstić information content (AvgIpc) is 3.19. The summed E-state index contributed by atoms with van der Waals surface area (Å²) in [7, 11) is 1.61. The maximum atomic E-state index is 13.4. The van der Waals surface area contributed by atoms with Crippen molar-refractivity contribution in [2.45, 2.75) is 24.7 Å². The van der Waals surface area contributed by atoms with E-state index in [2.05, 4.69) is 10.2 Å². The van der Waals surface area contributed by atoms with Crippen LogP contribution in [0.1, 0.15) is 12.0 Å². The Bertz CT molecular complexity index is 535. The number of halogens is 5. The van der Waals surface area contributed by atoms with Crippen LogP contribution in [0.15, 0.2) is 28.4 Å². The number of alkyl halides is 3. The third-order valence-electron chi connectivity index (χ3n) is 3.43. The summed E-state index contributed by atoms with van der Waals surface area (Å²) in [6.45, 7) is 0.428. The van der Waals surface area contributed by atoms with Crippen molar-refractivity contribution in [2.24, 2.45) is 10.2 Å². The Labute approximate surface area is 118 Å². The molecule has 0 fully saturated rings. The van der Waals surface area contributed by atoms with E-state index in [0.717, 1.165) is 6.07 Å². The predicted molar refractivity (Wildman–Crippen MR) is 65.8 cm³/mol. The lowest BCUT2D eigenvalue weighted by Gasteiger charge is -2.20. The van der Waals surface area contributed by atoms with Crippen LogP contribution in [0.2, 0.25) is 0 Å². The van der Waals surface area contributed by atoms with E-state index in [-0.39, 0.29) is 24.9 Å². The molecule has 1 aromatic rings. The molecule has 0 bridgehead atoms. The predicted octanol–water partition coefficient (Wildman–Crippen LogP) is 3.55. The number of rotatable bonds is 6. The van der Waals surface area contributed by atoms with Gasteiger partial charge in [0, 0.05) is 19.5 Å². The first-order chi connectivity index (χ1) is 9.75. The second kappa shape index (κ2) is 5.67. The van der Waals surface area contributed by atoms with Gasteiger partial charge < -0.3 is 4.90 Å². The number of hydrogen-bond donors (Lipinski definition) is 0. The zero-order valence-electron chi connectivity index (χ0n) is 11.3. The molecular weight excluding hydrogens is 293 g/mol. The lowest BCUT2D eigenvalue weighted by molar-refractivity contribution is -0.165. The summed E-state index contributed by atoms with van der Waals surface area (Å²) < 4.78 is 64.2. The van der Waals surface area contributed by atoms with E-state index in [0.29, 0.717) is 6.54 Å². The van der Waals surface area contributed by atoms with E-state index in [9.17, 15) is 22.0 Å². The van der Waals surface area contributed by atoms with Crippen LogP contribution in [-0.2, 0) is 6.42 Å². The highest BCUT2D eigenvalue weighted by Crippen LogP contribution is 2.46. The Balaban J connectivity index is 1.81. The van der Waals surface area contributed by atoms with Crippen molar-refractivity contribution in [3.8, 4) is 0 Å². The first-order valence-electron chi connectivity index (χ1n) is 6.37. The van der Waals surface area contributed by atoms with E-state index in [1.807, 2.05) is 0 Å². The summed E-state index contributed by atoms with van der Waals surface area (Å²) in [5, 5.41) is 6.17. The van der Waals surface area contributed by atoms with Crippen LogP contribution in [-0.4, -0.2) is 36.9 Å². The number of hydrogen-bond acceptors (Lipinski definition) is 3. The largest absolute Gasteiger partial charge is 0.437 e. The van der Waals surface area contributed by atoms with Crippen molar-refractivity contribution in [3.05, 3.63) is 35.4 Å². The van der Waals surface area contributed by atoms with Gasteiger partial charge in [0.1, 0.15) is 0 Å². The molecule has 0 aliphatic carbocycles. The highest BCUT2D eigenvalue weighted by atomic mass is 19.4. The van der Waals surface area contributed by atoms with E-state index >= 15 is 0 Å². The fourth-order valence-electron chi connectivity index (χ4n) is 1.93. The summed E-state index contributed by atoms with van der Waals surface area (Å²) in [5.41, 5.74) is -2.06. The fraction of sp³-hybridized carbons (Fsp3) is 0.538. The van der Waals surface area contributed by atoms with Gasteiger partial charge in [-0.1, -0.05) is 12.1 Å². The van der Waals surface area contributed by atoms with Crippen LogP contribution in [0.3, 0.4) is 0 Å². The molecule has 116 valence electrons. The van der Waals surface area contributed by atoms with E-state index in [1.54, 1.807) is 11.9 Å². The van der Waals surface area contributed by atoms with Gasteiger partial charge in [0.15, 0.2) is 11.6 Å². The highest BCUT2D eigenvalue weighted by molar-refractivity contribution is 5.19. The topological polar surface area (TPSA) is 28.0 Å². The normalized spacial score (nSPS) is 16.5. The van der Waals surface area contributed by atoms with Crippen molar-refractivity contribution in [1.82, 2.24) is 4.90 Å². The monoisotopic (exact) mass is 307 g/mol. The van der Waals surface area contributed by atoms with Gasteiger partial charge in [-0.25, -0.2) is 8.78 Å². The summed E-state index contributed by atoms with van der Waals surface area (Å²) in [4.78, 5) is 1.61. The van der Waals surface area contributed by atoms with Gasteiger partial charge in [-0.05, 0) is 25.1 Å². The van der Waals surface area contributed by atoms with Crippen LogP contribution < -0.4 is 0 Å². The Morgan fingerprint density at radius 3 is 2.38 bits per heavy atom. The van der Waals surface area contributed by atoms with Crippen LogP contribution in [0.4, 0.5) is 22.0 Å². The van der Waals surface area contributed by atoms with Crippen molar-refractivity contribution in [2.75, 3.05) is 20.1 Å². The van der Waals surface area contributed by atoms with Crippen LogP contribution in [0.5, 0.6) is 0 Å². The molecular formula is C13H14F5N3. The maximum Gasteiger partial charge on any atom is 0.437 e. The molecule has 0 saturated heterocycles. The molecule has 8 heteroatoms. The van der Waals surface area contributed by atoms with Crippen molar-refractivity contribution in [1.29, 1.82) is 0 Å². The molecule has 21 heavy (non-hydrogen) atoms. The summed E-state index contributed by atoms with van der Waals surface area (Å²) in [6.07, 6.45) is -4.52. The van der Waals surface area contributed by atoms with E-state index in [4.69, 9.17) is 0 Å². The van der Waals surface area contributed by atoms with Gasteiger partial charge in [0.25, 0.3) is 5.66 Å². The number of benzene rings is 1. The minimum absolute atomic E-state index is 0.115. The molecule has 0 spiro atoms. The standard InChI is InChI=1S/C13H14F5N3/c1-21(8-6-12(19-20-12)13(16,17)18)7-5-9-3-2-4-10(14)11(9)15/h2-4H,5-8H2,1H3. The molecule has 0 N–H and O–H groups in total. The molecule has 1 aromatic carbocycles. The molecule has 0 amide bonds. The van der Waals surface area contributed by atoms with Gasteiger partial charge in [-0.15, -0.1) is 10.2 Å². The Morgan fingerprint density at radius 1 is 1.14 bits per heavy atom. The SMILES string of the molecule is CN(CCc1cccc(F)c1F)CCC1(C(F)(F)F)N=N1. The Morgan fingerprint density at radius 2 is 1.81 bits per heavy atom. The molecule has 1 heterocycles. The highest BCUT2D eigenvalue weighted by Gasteiger charge is 2.63. The second-order valence-corrected chi connectivity index (χ2v) is 5.03. The molecule has 0 saturated carbocycles. The molecule has 0 atom stereocenters. The quantitative estimate of drug-likeness (QED) is 0.739. The minimum Gasteiger partial charge on any atom is -0.306 e. The van der Waals surface area contributed by atoms with Crippen LogP contribution in [0.25, 0.3) is 0 Å². The zero-order chi connectivity index (χ0) is 15.7. The summed E-state index contributed by atoms with van der Waals surface area (Å²) in [6, 6.07) is 3.87. The molecule has 1 aliphatic rings. The fourth-order valence-corrected chi connectivity index (χ4v) is 1.93. The van der Waals surface area contributed by atoms with Crippen molar-refractivity contribution in [3.63, 3.8) is 0 Å². The molecule has 3 nitrogen and oxygen atoms in total. The lowest BCUT2D eigenvalue weighted by Crippen LogP contribution is -2.36. The third-order valence-corrected chi connectivity index (χ3v) is 3.43. The van der Waals surface area contributed by atoms with Crippen LogP contribution in [0, 0.1) is 11.6 Å². The molecule has 1 aliphatic heterocycles. The smallest absolute Gasteiger partial charge is 0.306 e. The van der Waals surface area contributed by atoms with Crippen molar-refractivity contribution >= 4 is 0 Å². The summed E-state index contributed by atoms with van der Waals surface area (Å²) in [5.74, 6) is -1.84. The van der Waals surface area contributed by atoms with Crippen LogP contribution >= 0.6 is 0 Å². The van der Waals surface area contributed by atoms with Crippen molar-refractivity contribution < 1.29 is 22.0 Å². The molecule has 0 radical (unpaired) electrons. The number of nitrogens with zero attached hydrogens (tertiary/aromatic N) is 3. The minimum atomic E-state index is -4.47. The van der Waals surface area contributed by atoms with Gasteiger partial charge in [0.05, 0.1) is 0 Å². The van der Waals surface area contributed by atoms with Gasteiger partial charge in [-0.3, -0.25) is 0 Å². The van der Waals surface area contributed by atoms with Gasteiger partial charge in [0.2, 0.25) is 0 Å². The summed E-state index contributed by atoms with van der Waals surface area (Å²) >= 11 is 0. The zero-order valence-corrected chi connectivity index (χ0v) is 11.3. The number of likely N-dealkylation sites (N-methyl/N-ethyl adjacent to an activating group) is 1. The Kier molecular flexibility index (Phi) is 4.27. The maximum absolute atomic E-state index is 13.4. The third kappa shape index (κ3) is 3.55. The average molecular weight is 307 g/mol. The molecule has 2 rings (SSSR count). The first kappa shape index (κ1) is 15.8. The van der Waals surface area contributed by atoms with E-state index < -0.39 is 23.5 Å².